The second-order valence-electron chi connectivity index (χ2n) is 6.13. The molecule has 1 rings (SSSR count). The highest BCUT2D eigenvalue weighted by Gasteiger charge is 2.15. The summed E-state index contributed by atoms with van der Waals surface area (Å²) in [7, 11) is 0. The Hall–Kier alpha value is -0.820. The molecule has 0 heterocycles. The molecule has 0 fully saturated rings. The van der Waals surface area contributed by atoms with Gasteiger partial charge in [-0.05, 0) is 50.4 Å². The maximum absolute atomic E-state index is 3.69. The highest BCUT2D eigenvalue weighted by Crippen LogP contribution is 2.27. The lowest BCUT2D eigenvalue weighted by Gasteiger charge is -2.23. The number of rotatable bonds is 9. The summed E-state index contributed by atoms with van der Waals surface area (Å²) in [6.45, 7) is 12.3. The van der Waals surface area contributed by atoms with E-state index in [0.29, 0.717) is 6.04 Å². The van der Waals surface area contributed by atoms with Gasteiger partial charge >= 0.3 is 0 Å². The molecule has 0 saturated carbocycles. The molecule has 1 N–H and O–H groups in total. The van der Waals surface area contributed by atoms with Gasteiger partial charge in [-0.3, -0.25) is 0 Å². The third-order valence-electron chi connectivity index (χ3n) is 4.13. The van der Waals surface area contributed by atoms with E-state index >= 15 is 0 Å². The molecular weight excluding hydrogens is 242 g/mol. The molecule has 1 aromatic carbocycles. The fraction of sp³-hybridized carbons (Fsp3) is 0.684. The summed E-state index contributed by atoms with van der Waals surface area (Å²) in [6.07, 6.45) is 8.08. The van der Waals surface area contributed by atoms with Gasteiger partial charge in [0.2, 0.25) is 0 Å². The van der Waals surface area contributed by atoms with Crippen LogP contribution in [0.2, 0.25) is 0 Å². The summed E-state index contributed by atoms with van der Waals surface area (Å²) in [5.74, 6) is 0. The van der Waals surface area contributed by atoms with E-state index in [9.17, 15) is 0 Å². The smallest absolute Gasteiger partial charge is 0.0325 e. The fourth-order valence-electron chi connectivity index (χ4n) is 3.29. The third-order valence-corrected chi connectivity index (χ3v) is 4.13. The normalized spacial score (nSPS) is 12.7. The van der Waals surface area contributed by atoms with E-state index in [2.05, 4.69) is 52.1 Å². The van der Waals surface area contributed by atoms with Gasteiger partial charge in [0, 0.05) is 6.04 Å². The van der Waals surface area contributed by atoms with Gasteiger partial charge < -0.3 is 5.32 Å². The van der Waals surface area contributed by atoms with Gasteiger partial charge in [0.05, 0.1) is 0 Å². The molecule has 0 aromatic heterocycles. The van der Waals surface area contributed by atoms with Crippen LogP contribution < -0.4 is 5.32 Å². The third kappa shape index (κ3) is 5.28. The Morgan fingerprint density at radius 3 is 2.05 bits per heavy atom. The lowest BCUT2D eigenvalue weighted by atomic mass is 9.91. The van der Waals surface area contributed by atoms with E-state index in [4.69, 9.17) is 0 Å². The van der Waals surface area contributed by atoms with Crippen LogP contribution in [0.5, 0.6) is 0 Å². The first-order valence-corrected chi connectivity index (χ1v) is 8.41. The average molecular weight is 275 g/mol. The molecule has 0 amide bonds. The number of benzene rings is 1. The molecule has 20 heavy (non-hydrogen) atoms. The molecule has 0 spiro atoms. The predicted octanol–water partition coefficient (Wildman–Crippen LogP) is 5.62. The lowest BCUT2D eigenvalue weighted by molar-refractivity contribution is 0.475. The predicted molar refractivity (Wildman–Crippen MR) is 90.4 cm³/mol. The second kappa shape index (κ2) is 9.18. The van der Waals surface area contributed by atoms with Crippen LogP contribution in [0.25, 0.3) is 0 Å². The minimum atomic E-state index is 0.530. The van der Waals surface area contributed by atoms with Crippen LogP contribution in [0.15, 0.2) is 12.1 Å². The van der Waals surface area contributed by atoms with Crippen molar-refractivity contribution >= 4 is 0 Å². The molecule has 0 aliphatic carbocycles. The van der Waals surface area contributed by atoms with Crippen molar-refractivity contribution < 1.29 is 0 Å². The van der Waals surface area contributed by atoms with Crippen LogP contribution in [0.3, 0.4) is 0 Å². The van der Waals surface area contributed by atoms with Crippen molar-refractivity contribution in [2.24, 2.45) is 0 Å². The fourth-order valence-corrected chi connectivity index (χ4v) is 3.29. The van der Waals surface area contributed by atoms with Crippen molar-refractivity contribution in [3.63, 3.8) is 0 Å². The Labute approximate surface area is 126 Å². The Bertz CT molecular complexity index is 372. The Morgan fingerprint density at radius 2 is 1.50 bits per heavy atom. The molecule has 0 radical (unpaired) electrons. The van der Waals surface area contributed by atoms with Gasteiger partial charge in [0.1, 0.15) is 0 Å². The average Bonchev–Trinajstić information content (AvgIpc) is 2.37. The zero-order chi connectivity index (χ0) is 15.0. The topological polar surface area (TPSA) is 12.0 Å². The molecule has 0 saturated heterocycles. The SMILES string of the molecule is CCCCCCCC(NCC)c1c(C)cc(C)cc1C. The van der Waals surface area contributed by atoms with E-state index in [-0.39, 0.29) is 0 Å². The van der Waals surface area contributed by atoms with Crippen LogP contribution >= 0.6 is 0 Å². The molecule has 0 bridgehead atoms. The number of nitrogens with one attached hydrogen (secondary N) is 1. The molecule has 1 heteroatoms. The van der Waals surface area contributed by atoms with Crippen LogP contribution in [0, 0.1) is 20.8 Å². The molecule has 1 atom stereocenters. The van der Waals surface area contributed by atoms with Gasteiger partial charge in [-0.1, -0.05) is 63.6 Å². The summed E-state index contributed by atoms with van der Waals surface area (Å²) in [5.41, 5.74) is 5.80. The summed E-state index contributed by atoms with van der Waals surface area (Å²) < 4.78 is 0. The van der Waals surface area contributed by atoms with Crippen molar-refractivity contribution in [1.82, 2.24) is 5.32 Å². The standard InChI is InChI=1S/C19H33N/c1-6-8-9-10-11-12-18(20-7-2)19-16(4)13-15(3)14-17(19)5/h13-14,18,20H,6-12H2,1-5H3. The Kier molecular flexibility index (Phi) is 7.91. The van der Waals surface area contributed by atoms with Gasteiger partial charge in [0.15, 0.2) is 0 Å². The molecule has 0 aliphatic heterocycles. The van der Waals surface area contributed by atoms with E-state index in [1.807, 2.05) is 0 Å². The van der Waals surface area contributed by atoms with Crippen LogP contribution in [0.1, 0.15) is 80.7 Å². The van der Waals surface area contributed by atoms with Gasteiger partial charge in [0.25, 0.3) is 0 Å². The van der Waals surface area contributed by atoms with Crippen molar-refractivity contribution in [2.75, 3.05) is 6.54 Å². The van der Waals surface area contributed by atoms with Crippen molar-refractivity contribution in [3.8, 4) is 0 Å². The van der Waals surface area contributed by atoms with Gasteiger partial charge in [-0.25, -0.2) is 0 Å². The maximum atomic E-state index is 3.69. The zero-order valence-electron chi connectivity index (χ0n) is 14.2. The molecule has 1 aromatic rings. The van der Waals surface area contributed by atoms with Crippen LogP contribution in [-0.4, -0.2) is 6.54 Å². The molecule has 1 unspecified atom stereocenters. The van der Waals surface area contributed by atoms with E-state index < -0.39 is 0 Å². The zero-order valence-corrected chi connectivity index (χ0v) is 14.2. The number of hydrogen-bond acceptors (Lipinski definition) is 1. The largest absolute Gasteiger partial charge is 0.310 e. The molecular formula is C19H33N. The summed E-state index contributed by atoms with van der Waals surface area (Å²) in [5, 5.41) is 3.69. The van der Waals surface area contributed by atoms with Gasteiger partial charge in [-0.15, -0.1) is 0 Å². The molecule has 114 valence electrons. The Balaban J connectivity index is 2.70. The first kappa shape index (κ1) is 17.2. The maximum Gasteiger partial charge on any atom is 0.0325 e. The summed E-state index contributed by atoms with van der Waals surface area (Å²) in [6, 6.07) is 5.18. The first-order valence-electron chi connectivity index (χ1n) is 8.41. The highest BCUT2D eigenvalue weighted by atomic mass is 14.9. The summed E-state index contributed by atoms with van der Waals surface area (Å²) >= 11 is 0. The second-order valence-corrected chi connectivity index (χ2v) is 6.13. The van der Waals surface area contributed by atoms with E-state index in [1.54, 1.807) is 0 Å². The number of hydrogen-bond donors (Lipinski definition) is 1. The van der Waals surface area contributed by atoms with E-state index in [0.717, 1.165) is 6.54 Å². The highest BCUT2D eigenvalue weighted by molar-refractivity contribution is 5.39. The Morgan fingerprint density at radius 1 is 0.900 bits per heavy atom. The van der Waals surface area contributed by atoms with Crippen molar-refractivity contribution in [2.45, 2.75) is 79.2 Å². The summed E-state index contributed by atoms with van der Waals surface area (Å²) in [4.78, 5) is 0. The molecule has 0 aliphatic rings. The van der Waals surface area contributed by atoms with Crippen molar-refractivity contribution in [1.29, 1.82) is 0 Å². The first-order chi connectivity index (χ1) is 9.60. The van der Waals surface area contributed by atoms with Crippen LogP contribution in [0.4, 0.5) is 0 Å². The quantitative estimate of drug-likeness (QED) is 0.576. The van der Waals surface area contributed by atoms with Gasteiger partial charge in [-0.2, -0.15) is 0 Å². The minimum absolute atomic E-state index is 0.530. The number of unbranched alkanes of at least 4 members (excludes halogenated alkanes) is 4. The minimum Gasteiger partial charge on any atom is -0.310 e. The molecule has 1 nitrogen and oxygen atoms in total. The van der Waals surface area contributed by atoms with Crippen LogP contribution in [-0.2, 0) is 0 Å². The van der Waals surface area contributed by atoms with E-state index in [1.165, 1.54) is 60.8 Å². The number of aryl methyl sites for hydroxylation is 3. The van der Waals surface area contributed by atoms with Crippen molar-refractivity contribution in [3.05, 3.63) is 34.4 Å². The lowest BCUT2D eigenvalue weighted by Crippen LogP contribution is -2.22. The monoisotopic (exact) mass is 275 g/mol.